The minimum absolute atomic E-state index is 0.720. The first-order chi connectivity index (χ1) is 14.0. The number of hydrogen-bond acceptors (Lipinski definition) is 4. The van der Waals surface area contributed by atoms with Gasteiger partial charge in [-0.25, -0.2) is 0 Å². The average Bonchev–Trinajstić information content (AvgIpc) is 2.74. The number of aromatic nitrogens is 1. The minimum atomic E-state index is -0.774. The highest BCUT2D eigenvalue weighted by atomic mass is 16.5. The number of rotatable bonds is 6. The molecule has 1 aromatic heterocycles. The Bertz CT molecular complexity index is 977. The number of pyridine rings is 1. The lowest BCUT2D eigenvalue weighted by molar-refractivity contribution is -0.0266. The fourth-order valence-electron chi connectivity index (χ4n) is 4.04. The van der Waals surface area contributed by atoms with Gasteiger partial charge in [0.15, 0.2) is 0 Å². The van der Waals surface area contributed by atoms with Crippen molar-refractivity contribution in [3.8, 4) is 5.75 Å². The lowest BCUT2D eigenvalue weighted by atomic mass is 9.85. The minimum Gasteiger partial charge on any atom is -0.494 e. The van der Waals surface area contributed by atoms with Crippen molar-refractivity contribution in [2.24, 2.45) is 0 Å². The van der Waals surface area contributed by atoms with Gasteiger partial charge in [0.25, 0.3) is 0 Å². The molecule has 4 heteroatoms. The second kappa shape index (κ2) is 8.52. The molecule has 1 saturated heterocycles. The number of likely N-dealkylation sites (tertiary alicyclic amines) is 1. The van der Waals surface area contributed by atoms with Gasteiger partial charge >= 0.3 is 0 Å². The zero-order valence-corrected chi connectivity index (χ0v) is 17.4. The number of ether oxygens (including phenoxy) is 1. The molecule has 3 aromatic rings. The highest BCUT2D eigenvalue weighted by Gasteiger charge is 2.34. The van der Waals surface area contributed by atoms with E-state index in [-0.39, 0.29) is 0 Å². The third-order valence-electron chi connectivity index (χ3n) is 6.18. The number of hydrogen-bond donors (Lipinski definition) is 1. The molecule has 4 nitrogen and oxygen atoms in total. The molecule has 0 unspecified atom stereocenters. The summed E-state index contributed by atoms with van der Waals surface area (Å²) in [7, 11) is 0. The van der Waals surface area contributed by atoms with Crippen LogP contribution in [-0.2, 0) is 5.60 Å². The smallest absolute Gasteiger partial charge is 0.119 e. The van der Waals surface area contributed by atoms with E-state index in [1.807, 2.05) is 30.5 Å². The van der Waals surface area contributed by atoms with Gasteiger partial charge in [-0.3, -0.25) is 4.98 Å². The van der Waals surface area contributed by atoms with Gasteiger partial charge in [0, 0.05) is 36.8 Å². The monoisotopic (exact) mass is 390 g/mol. The van der Waals surface area contributed by atoms with E-state index in [0.29, 0.717) is 0 Å². The van der Waals surface area contributed by atoms with Crippen LogP contribution in [0.5, 0.6) is 5.75 Å². The molecule has 1 aliphatic rings. The Morgan fingerprint density at radius 3 is 2.62 bits per heavy atom. The molecule has 4 rings (SSSR count). The maximum Gasteiger partial charge on any atom is 0.119 e. The van der Waals surface area contributed by atoms with Crippen LogP contribution in [0.3, 0.4) is 0 Å². The Morgan fingerprint density at radius 2 is 1.83 bits per heavy atom. The Labute approximate surface area is 173 Å². The number of para-hydroxylation sites is 1. The van der Waals surface area contributed by atoms with Crippen molar-refractivity contribution in [1.29, 1.82) is 0 Å². The lowest BCUT2D eigenvalue weighted by Crippen LogP contribution is -2.43. The molecule has 1 aliphatic heterocycles. The zero-order valence-electron chi connectivity index (χ0n) is 17.4. The Hall–Kier alpha value is -2.43. The van der Waals surface area contributed by atoms with Gasteiger partial charge in [-0.05, 0) is 68.5 Å². The van der Waals surface area contributed by atoms with Crippen molar-refractivity contribution in [2.45, 2.75) is 38.7 Å². The molecule has 29 heavy (non-hydrogen) atoms. The SMILES string of the molecule is Cc1ccc(OCCCN2CCC(O)(c3cnc4ccccc4c3)CC2)cc1C. The fourth-order valence-corrected chi connectivity index (χ4v) is 4.04. The molecule has 1 fully saturated rings. The number of aliphatic hydroxyl groups is 1. The van der Waals surface area contributed by atoms with Crippen molar-refractivity contribution in [3.05, 3.63) is 71.4 Å². The van der Waals surface area contributed by atoms with Gasteiger partial charge in [0.05, 0.1) is 17.7 Å². The molecule has 0 amide bonds. The summed E-state index contributed by atoms with van der Waals surface area (Å²) in [6.45, 7) is 7.74. The van der Waals surface area contributed by atoms with Gasteiger partial charge in [-0.15, -0.1) is 0 Å². The second-order valence-corrected chi connectivity index (χ2v) is 8.24. The van der Waals surface area contributed by atoms with Crippen LogP contribution >= 0.6 is 0 Å². The van der Waals surface area contributed by atoms with Crippen molar-refractivity contribution in [1.82, 2.24) is 9.88 Å². The standard InChI is InChI=1S/C25H30N2O2/c1-19-8-9-23(16-20(19)2)29-15-5-12-27-13-10-25(28,11-14-27)22-17-21-6-3-4-7-24(21)26-18-22/h3-4,6-9,16-18,28H,5,10-15H2,1-2H3. The Balaban J connectivity index is 1.26. The molecule has 1 N–H and O–H groups in total. The van der Waals surface area contributed by atoms with Crippen LogP contribution in [0.1, 0.15) is 36.0 Å². The van der Waals surface area contributed by atoms with Crippen LogP contribution in [0.15, 0.2) is 54.7 Å². The molecule has 0 radical (unpaired) electrons. The Kier molecular flexibility index (Phi) is 5.84. The number of fused-ring (bicyclic) bond motifs is 1. The van der Waals surface area contributed by atoms with Crippen LogP contribution in [0.2, 0.25) is 0 Å². The summed E-state index contributed by atoms with van der Waals surface area (Å²) in [5.41, 5.74) is 3.69. The largest absolute Gasteiger partial charge is 0.494 e. The predicted molar refractivity (Wildman–Crippen MR) is 117 cm³/mol. The number of nitrogens with zero attached hydrogens (tertiary/aromatic N) is 2. The average molecular weight is 391 g/mol. The van der Waals surface area contributed by atoms with Crippen molar-refractivity contribution < 1.29 is 9.84 Å². The van der Waals surface area contributed by atoms with Crippen molar-refractivity contribution in [3.63, 3.8) is 0 Å². The summed E-state index contributed by atoms with van der Waals surface area (Å²) in [6.07, 6.45) is 4.31. The highest BCUT2D eigenvalue weighted by molar-refractivity contribution is 5.78. The molecule has 0 aliphatic carbocycles. The molecular formula is C25H30N2O2. The molecular weight excluding hydrogens is 360 g/mol. The Morgan fingerprint density at radius 1 is 1.03 bits per heavy atom. The van der Waals surface area contributed by atoms with Gasteiger partial charge < -0.3 is 14.7 Å². The lowest BCUT2D eigenvalue weighted by Gasteiger charge is -2.38. The van der Waals surface area contributed by atoms with Crippen LogP contribution in [0.25, 0.3) is 10.9 Å². The molecule has 0 saturated carbocycles. The van der Waals surface area contributed by atoms with E-state index in [2.05, 4.69) is 48.0 Å². The fraction of sp³-hybridized carbons (Fsp3) is 0.400. The van der Waals surface area contributed by atoms with E-state index >= 15 is 0 Å². The topological polar surface area (TPSA) is 45.6 Å². The van der Waals surface area contributed by atoms with E-state index in [1.165, 1.54) is 11.1 Å². The molecule has 0 bridgehead atoms. The second-order valence-electron chi connectivity index (χ2n) is 8.24. The number of piperidine rings is 1. The van der Waals surface area contributed by atoms with Gasteiger partial charge in [-0.2, -0.15) is 0 Å². The van der Waals surface area contributed by atoms with E-state index in [1.54, 1.807) is 0 Å². The molecule has 0 atom stereocenters. The molecule has 152 valence electrons. The number of aryl methyl sites for hydroxylation is 2. The maximum atomic E-state index is 11.2. The first kappa shape index (κ1) is 19.9. The predicted octanol–water partition coefficient (Wildman–Crippen LogP) is 4.60. The highest BCUT2D eigenvalue weighted by Crippen LogP contribution is 2.33. The van der Waals surface area contributed by atoms with Crippen LogP contribution in [0.4, 0.5) is 0 Å². The molecule has 0 spiro atoms. The van der Waals surface area contributed by atoms with Crippen LogP contribution in [-0.4, -0.2) is 41.2 Å². The quantitative estimate of drug-likeness (QED) is 0.625. The summed E-state index contributed by atoms with van der Waals surface area (Å²) < 4.78 is 5.90. The van der Waals surface area contributed by atoms with E-state index in [0.717, 1.165) is 67.7 Å². The zero-order chi connectivity index (χ0) is 20.3. The first-order valence-electron chi connectivity index (χ1n) is 10.5. The summed E-state index contributed by atoms with van der Waals surface area (Å²) >= 11 is 0. The van der Waals surface area contributed by atoms with Gasteiger partial charge in [-0.1, -0.05) is 24.3 Å². The normalized spacial score (nSPS) is 16.8. The molecule has 2 aromatic carbocycles. The van der Waals surface area contributed by atoms with E-state index < -0.39 is 5.60 Å². The van der Waals surface area contributed by atoms with E-state index in [4.69, 9.17) is 4.74 Å². The molecule has 2 heterocycles. The van der Waals surface area contributed by atoms with Crippen LogP contribution < -0.4 is 4.74 Å². The summed E-state index contributed by atoms with van der Waals surface area (Å²) in [5.74, 6) is 0.949. The van der Waals surface area contributed by atoms with Gasteiger partial charge in [0.2, 0.25) is 0 Å². The van der Waals surface area contributed by atoms with E-state index in [9.17, 15) is 5.11 Å². The maximum absolute atomic E-state index is 11.2. The third-order valence-corrected chi connectivity index (χ3v) is 6.18. The van der Waals surface area contributed by atoms with Crippen molar-refractivity contribution in [2.75, 3.05) is 26.2 Å². The first-order valence-corrected chi connectivity index (χ1v) is 10.5. The van der Waals surface area contributed by atoms with Gasteiger partial charge in [0.1, 0.15) is 5.75 Å². The summed E-state index contributed by atoms with van der Waals surface area (Å²) in [4.78, 5) is 6.95. The summed E-state index contributed by atoms with van der Waals surface area (Å²) in [6, 6.07) is 16.4. The van der Waals surface area contributed by atoms with Crippen molar-refractivity contribution >= 4 is 10.9 Å². The number of benzene rings is 2. The van der Waals surface area contributed by atoms with Crippen LogP contribution in [0, 0.1) is 13.8 Å². The third kappa shape index (κ3) is 4.60. The summed E-state index contributed by atoms with van der Waals surface area (Å²) in [5, 5.41) is 12.3.